The summed E-state index contributed by atoms with van der Waals surface area (Å²) >= 11 is 0. The van der Waals surface area contributed by atoms with Crippen molar-refractivity contribution < 1.29 is 9.90 Å². The summed E-state index contributed by atoms with van der Waals surface area (Å²) in [7, 11) is 1.69. The van der Waals surface area contributed by atoms with Crippen LogP contribution in [0, 0.1) is 11.3 Å². The zero-order valence-corrected chi connectivity index (χ0v) is 17.9. The number of nitriles is 1. The summed E-state index contributed by atoms with van der Waals surface area (Å²) < 4.78 is 4.96. The van der Waals surface area contributed by atoms with Gasteiger partial charge < -0.3 is 9.67 Å². The van der Waals surface area contributed by atoms with E-state index in [9.17, 15) is 14.7 Å². The Morgan fingerprint density at radius 1 is 1.24 bits per heavy atom. The molecule has 10 nitrogen and oxygen atoms in total. The molecule has 4 heterocycles. The minimum absolute atomic E-state index is 0.0752. The highest BCUT2D eigenvalue weighted by Gasteiger charge is 2.29. The number of carboxylic acids is 1. The molecule has 3 aromatic heterocycles. The quantitative estimate of drug-likeness (QED) is 0.500. The first-order valence-corrected chi connectivity index (χ1v) is 10.5. The second-order valence-corrected chi connectivity index (χ2v) is 8.09. The van der Waals surface area contributed by atoms with Gasteiger partial charge in [0.25, 0.3) is 0 Å². The van der Waals surface area contributed by atoms with Crippen molar-refractivity contribution in [3.05, 3.63) is 76.4 Å². The molecule has 0 aliphatic carbocycles. The molecule has 5 rings (SSSR count). The van der Waals surface area contributed by atoms with Gasteiger partial charge in [-0.1, -0.05) is 0 Å². The lowest BCUT2D eigenvalue weighted by atomic mass is 10.2. The molecule has 1 aliphatic heterocycles. The molecular weight excluding hydrogens is 422 g/mol. The van der Waals surface area contributed by atoms with E-state index < -0.39 is 5.97 Å². The average Bonchev–Trinajstić information content (AvgIpc) is 3.50. The largest absolute Gasteiger partial charge is 0.477 e. The van der Waals surface area contributed by atoms with Gasteiger partial charge in [0, 0.05) is 26.3 Å². The van der Waals surface area contributed by atoms with Gasteiger partial charge in [-0.05, 0) is 42.8 Å². The zero-order chi connectivity index (χ0) is 23.1. The fourth-order valence-electron chi connectivity index (χ4n) is 4.47. The average molecular weight is 443 g/mol. The number of pyridine rings is 1. The lowest BCUT2D eigenvalue weighted by molar-refractivity contribution is 0.0686. The van der Waals surface area contributed by atoms with Crippen LogP contribution in [0.1, 0.15) is 34.3 Å². The van der Waals surface area contributed by atoms with E-state index in [-0.39, 0.29) is 17.4 Å². The Balaban J connectivity index is 1.47. The van der Waals surface area contributed by atoms with E-state index in [1.165, 1.54) is 6.20 Å². The van der Waals surface area contributed by atoms with Crippen LogP contribution < -0.4 is 5.69 Å². The maximum absolute atomic E-state index is 13.5. The lowest BCUT2D eigenvalue weighted by Gasteiger charge is -2.16. The van der Waals surface area contributed by atoms with Gasteiger partial charge in [-0.15, -0.1) is 0 Å². The summed E-state index contributed by atoms with van der Waals surface area (Å²) in [6.07, 6.45) is 3.81. The summed E-state index contributed by atoms with van der Waals surface area (Å²) in [5.41, 5.74) is 2.50. The highest BCUT2D eigenvalue weighted by atomic mass is 16.4. The Labute approximate surface area is 188 Å². The minimum Gasteiger partial charge on any atom is -0.477 e. The number of aromatic carboxylic acids is 1. The van der Waals surface area contributed by atoms with E-state index in [4.69, 9.17) is 5.26 Å². The number of carbonyl (C=O) groups is 1. The van der Waals surface area contributed by atoms with Crippen LogP contribution in [0.4, 0.5) is 0 Å². The summed E-state index contributed by atoms with van der Waals surface area (Å²) in [6, 6.07) is 12.6. The zero-order valence-electron chi connectivity index (χ0n) is 17.9. The topological polar surface area (TPSA) is 122 Å². The van der Waals surface area contributed by atoms with Crippen LogP contribution in [0.2, 0.25) is 0 Å². The third kappa shape index (κ3) is 3.48. The standard InChI is InChI=1S/C23H21N7O3/c1-27-19(22(31)32)12-26-20(27)14-28-10-8-17(13-28)30-21-18(3-2-9-25-21)29(23(30)33)16-6-4-15(11-24)5-7-16/h2-7,9,12,17H,8,10,13-14H2,1H3,(H,31,32). The van der Waals surface area contributed by atoms with Crippen LogP contribution in [-0.4, -0.2) is 52.7 Å². The Kier molecular flexibility index (Phi) is 5.03. The predicted octanol–water partition coefficient (Wildman–Crippen LogP) is 1.94. The fourth-order valence-corrected chi connectivity index (χ4v) is 4.47. The molecule has 0 saturated carbocycles. The first-order valence-electron chi connectivity index (χ1n) is 10.5. The van der Waals surface area contributed by atoms with Crippen molar-refractivity contribution in [3.8, 4) is 11.8 Å². The van der Waals surface area contributed by atoms with Gasteiger partial charge in [0.05, 0.1) is 41.6 Å². The highest BCUT2D eigenvalue weighted by Crippen LogP contribution is 2.26. The van der Waals surface area contributed by atoms with Crippen molar-refractivity contribution in [2.45, 2.75) is 19.0 Å². The highest BCUT2D eigenvalue weighted by molar-refractivity contribution is 5.85. The normalized spacial score (nSPS) is 16.3. The maximum atomic E-state index is 13.5. The first kappa shape index (κ1) is 20.7. The summed E-state index contributed by atoms with van der Waals surface area (Å²) in [6.45, 7) is 1.87. The predicted molar refractivity (Wildman–Crippen MR) is 119 cm³/mol. The molecule has 0 radical (unpaired) electrons. The van der Waals surface area contributed by atoms with Gasteiger partial charge in [0.15, 0.2) is 5.65 Å². The Morgan fingerprint density at radius 2 is 2.03 bits per heavy atom. The lowest BCUT2D eigenvalue weighted by Crippen LogP contribution is -2.29. The number of carboxylic acid groups (broad SMARTS) is 1. The van der Waals surface area contributed by atoms with Crippen LogP contribution >= 0.6 is 0 Å². The second kappa shape index (κ2) is 8.03. The summed E-state index contributed by atoms with van der Waals surface area (Å²) in [5.74, 6) is -0.345. The third-order valence-electron chi connectivity index (χ3n) is 6.17. The molecule has 1 saturated heterocycles. The van der Waals surface area contributed by atoms with Crippen molar-refractivity contribution in [2.75, 3.05) is 13.1 Å². The molecule has 4 aromatic rings. The van der Waals surface area contributed by atoms with Crippen LogP contribution in [0.15, 0.2) is 53.6 Å². The van der Waals surface area contributed by atoms with Crippen molar-refractivity contribution in [1.29, 1.82) is 5.26 Å². The molecule has 1 N–H and O–H groups in total. The van der Waals surface area contributed by atoms with Crippen molar-refractivity contribution >= 4 is 17.1 Å². The number of nitrogens with zero attached hydrogens (tertiary/aromatic N) is 7. The number of likely N-dealkylation sites (tertiary alicyclic amines) is 1. The smallest absolute Gasteiger partial charge is 0.354 e. The van der Waals surface area contributed by atoms with Gasteiger partial charge in [-0.2, -0.15) is 5.26 Å². The Bertz CT molecular complexity index is 1460. The molecule has 1 atom stereocenters. The number of benzene rings is 1. The second-order valence-electron chi connectivity index (χ2n) is 8.09. The van der Waals surface area contributed by atoms with Crippen LogP contribution in [0.3, 0.4) is 0 Å². The van der Waals surface area contributed by atoms with E-state index >= 15 is 0 Å². The molecule has 0 spiro atoms. The molecule has 1 fully saturated rings. The van der Waals surface area contributed by atoms with Gasteiger partial charge in [0.1, 0.15) is 11.5 Å². The van der Waals surface area contributed by atoms with Crippen LogP contribution in [0.25, 0.3) is 16.9 Å². The molecule has 166 valence electrons. The molecule has 33 heavy (non-hydrogen) atoms. The van der Waals surface area contributed by atoms with Gasteiger partial charge in [-0.25, -0.2) is 19.6 Å². The third-order valence-corrected chi connectivity index (χ3v) is 6.17. The Hall–Kier alpha value is -4.23. The Morgan fingerprint density at radius 3 is 2.73 bits per heavy atom. The van der Waals surface area contributed by atoms with Crippen LogP contribution in [0.5, 0.6) is 0 Å². The van der Waals surface area contributed by atoms with Gasteiger partial charge in [-0.3, -0.25) is 14.0 Å². The number of imidazole rings is 2. The van der Waals surface area contributed by atoms with E-state index in [0.717, 1.165) is 13.0 Å². The van der Waals surface area contributed by atoms with E-state index in [0.29, 0.717) is 41.3 Å². The van der Waals surface area contributed by atoms with Crippen molar-refractivity contribution in [2.24, 2.45) is 7.05 Å². The van der Waals surface area contributed by atoms with Crippen molar-refractivity contribution in [1.82, 2.24) is 28.6 Å². The van der Waals surface area contributed by atoms with E-state index in [1.807, 2.05) is 6.07 Å². The van der Waals surface area contributed by atoms with E-state index in [2.05, 4.69) is 20.9 Å². The first-order chi connectivity index (χ1) is 16.0. The summed E-state index contributed by atoms with van der Waals surface area (Å²) in [5, 5.41) is 18.3. The molecule has 1 unspecified atom stereocenters. The SMILES string of the molecule is Cn1c(C(=O)O)cnc1CN1CCC(n2c(=O)n(-c3ccc(C#N)cc3)c3cccnc32)C1. The molecule has 10 heteroatoms. The molecule has 1 aromatic carbocycles. The monoisotopic (exact) mass is 443 g/mol. The summed E-state index contributed by atoms with van der Waals surface area (Å²) in [4.78, 5) is 35.8. The van der Waals surface area contributed by atoms with Gasteiger partial charge >= 0.3 is 11.7 Å². The number of hydrogen-bond donors (Lipinski definition) is 1. The molecule has 0 bridgehead atoms. The fraction of sp³-hybridized carbons (Fsp3) is 0.261. The molecular formula is C23H21N7O3. The van der Waals surface area contributed by atoms with Crippen LogP contribution in [-0.2, 0) is 13.6 Å². The van der Waals surface area contributed by atoms with Gasteiger partial charge in [0.2, 0.25) is 0 Å². The van der Waals surface area contributed by atoms with E-state index in [1.54, 1.807) is 57.3 Å². The number of fused-ring (bicyclic) bond motifs is 1. The molecule has 0 amide bonds. The van der Waals surface area contributed by atoms with Crippen molar-refractivity contribution in [3.63, 3.8) is 0 Å². The number of aromatic nitrogens is 5. The maximum Gasteiger partial charge on any atom is 0.354 e. The minimum atomic E-state index is -1.01. The molecule has 1 aliphatic rings. The number of hydrogen-bond acceptors (Lipinski definition) is 6. The number of rotatable bonds is 5.